The Morgan fingerprint density at radius 3 is 2.81 bits per heavy atom. The van der Waals surface area contributed by atoms with Crippen molar-refractivity contribution in [2.45, 2.75) is 6.61 Å². The topological polar surface area (TPSA) is 55.5 Å². The van der Waals surface area contributed by atoms with Crippen LogP contribution in [0.2, 0.25) is 0 Å². The Balaban J connectivity index is 2.07. The number of thiophene rings is 1. The summed E-state index contributed by atoms with van der Waals surface area (Å²) in [4.78, 5) is 1.09. The van der Waals surface area contributed by atoms with E-state index in [1.54, 1.807) is 23.5 Å². The van der Waals surface area contributed by atoms with Gasteiger partial charge in [0, 0.05) is 4.88 Å². The van der Waals surface area contributed by atoms with E-state index in [1.165, 1.54) is 6.07 Å². The highest BCUT2D eigenvalue weighted by atomic mass is 79.9. The van der Waals surface area contributed by atoms with E-state index < -0.39 is 0 Å². The molecule has 0 aliphatic carbocycles. The molecular weight excluding hydrogens is 290 g/mol. The average molecular weight is 300 g/mol. The average Bonchev–Trinajstić information content (AvgIpc) is 2.67. The van der Waals surface area contributed by atoms with Crippen molar-refractivity contribution in [1.29, 1.82) is 0 Å². The molecule has 0 unspecified atom stereocenters. The first-order chi connectivity index (χ1) is 7.66. The molecule has 0 spiro atoms. The molecule has 0 bridgehead atoms. The quantitative estimate of drug-likeness (QED) is 0.675. The van der Waals surface area contributed by atoms with Gasteiger partial charge < -0.3 is 15.6 Å². The van der Waals surface area contributed by atoms with Crippen LogP contribution in [0.1, 0.15) is 4.88 Å². The summed E-state index contributed by atoms with van der Waals surface area (Å²) in [6.45, 7) is 0.448. The van der Waals surface area contributed by atoms with E-state index in [1.807, 2.05) is 12.1 Å². The molecule has 0 amide bonds. The highest BCUT2D eigenvalue weighted by molar-refractivity contribution is 9.11. The summed E-state index contributed by atoms with van der Waals surface area (Å²) in [5.74, 6) is 0.550. The van der Waals surface area contributed by atoms with Gasteiger partial charge in [-0.05, 0) is 40.2 Å². The van der Waals surface area contributed by atoms with E-state index in [2.05, 4.69) is 15.9 Å². The van der Waals surface area contributed by atoms with Gasteiger partial charge in [0.25, 0.3) is 0 Å². The summed E-state index contributed by atoms with van der Waals surface area (Å²) < 4.78 is 6.59. The number of aromatic hydroxyl groups is 1. The molecule has 2 aromatic rings. The number of hydrogen-bond acceptors (Lipinski definition) is 4. The predicted molar refractivity (Wildman–Crippen MR) is 68.9 cm³/mol. The third-order valence-electron chi connectivity index (χ3n) is 2.04. The van der Waals surface area contributed by atoms with Crippen LogP contribution in [-0.2, 0) is 6.61 Å². The molecule has 16 heavy (non-hydrogen) atoms. The fourth-order valence-corrected chi connectivity index (χ4v) is 2.63. The third-order valence-corrected chi connectivity index (χ3v) is 3.64. The molecule has 1 heterocycles. The van der Waals surface area contributed by atoms with E-state index in [0.29, 0.717) is 12.4 Å². The largest absolute Gasteiger partial charge is 0.506 e. The molecule has 5 heteroatoms. The maximum Gasteiger partial charge on any atom is 0.146 e. The smallest absolute Gasteiger partial charge is 0.146 e. The zero-order chi connectivity index (χ0) is 11.5. The maximum absolute atomic E-state index is 9.39. The minimum Gasteiger partial charge on any atom is -0.506 e. The second kappa shape index (κ2) is 4.76. The van der Waals surface area contributed by atoms with Gasteiger partial charge in [-0.3, -0.25) is 0 Å². The second-order valence-electron chi connectivity index (χ2n) is 3.18. The fraction of sp³-hybridized carbons (Fsp3) is 0.0909. The Labute approximate surface area is 106 Å². The van der Waals surface area contributed by atoms with Crippen LogP contribution in [0.5, 0.6) is 11.5 Å². The van der Waals surface area contributed by atoms with Crippen molar-refractivity contribution in [3.8, 4) is 11.5 Å². The molecule has 84 valence electrons. The molecule has 0 atom stereocenters. The van der Waals surface area contributed by atoms with Gasteiger partial charge in [0.15, 0.2) is 0 Å². The van der Waals surface area contributed by atoms with Crippen molar-refractivity contribution < 1.29 is 9.84 Å². The number of phenolic OH excluding ortho intramolecular Hbond substituents is 1. The standard InChI is InChI=1S/C11H10BrNO2S/c12-10-5-4-7(16-10)6-15-9-3-1-2-8(14)11(9)13/h1-5,14H,6,13H2. The molecule has 2 rings (SSSR count). The molecule has 0 fully saturated rings. The number of nitrogens with two attached hydrogens (primary N) is 1. The van der Waals surface area contributed by atoms with Crippen molar-refractivity contribution in [2.75, 3.05) is 5.73 Å². The van der Waals surface area contributed by atoms with Crippen LogP contribution in [0, 0.1) is 0 Å². The van der Waals surface area contributed by atoms with Crippen molar-refractivity contribution in [2.24, 2.45) is 0 Å². The van der Waals surface area contributed by atoms with Crippen LogP contribution >= 0.6 is 27.3 Å². The first-order valence-corrected chi connectivity index (χ1v) is 6.22. The summed E-state index contributed by atoms with van der Waals surface area (Å²) in [5.41, 5.74) is 5.95. The van der Waals surface area contributed by atoms with Crippen LogP contribution in [-0.4, -0.2) is 5.11 Å². The van der Waals surface area contributed by atoms with Gasteiger partial charge in [0.2, 0.25) is 0 Å². The molecule has 0 aliphatic rings. The van der Waals surface area contributed by atoms with Crippen LogP contribution in [0.4, 0.5) is 5.69 Å². The van der Waals surface area contributed by atoms with E-state index >= 15 is 0 Å². The van der Waals surface area contributed by atoms with Crippen molar-refractivity contribution in [3.63, 3.8) is 0 Å². The van der Waals surface area contributed by atoms with Gasteiger partial charge in [0.05, 0.1) is 3.79 Å². The number of phenols is 1. The number of halogens is 1. The summed E-state index contributed by atoms with van der Waals surface area (Å²) in [6, 6.07) is 8.91. The van der Waals surface area contributed by atoms with Gasteiger partial charge in [-0.1, -0.05) is 6.07 Å². The second-order valence-corrected chi connectivity index (χ2v) is 5.73. The van der Waals surface area contributed by atoms with E-state index in [4.69, 9.17) is 10.5 Å². The zero-order valence-corrected chi connectivity index (χ0v) is 10.7. The lowest BCUT2D eigenvalue weighted by atomic mass is 10.3. The van der Waals surface area contributed by atoms with E-state index in [0.717, 1.165) is 8.66 Å². The lowest BCUT2D eigenvalue weighted by molar-refractivity contribution is 0.310. The first kappa shape index (κ1) is 11.3. The number of nitrogen functional groups attached to an aromatic ring is 1. The molecule has 1 aromatic carbocycles. The fourth-order valence-electron chi connectivity index (χ4n) is 1.24. The van der Waals surface area contributed by atoms with Crippen molar-refractivity contribution >= 4 is 33.0 Å². The number of anilines is 1. The lowest BCUT2D eigenvalue weighted by Crippen LogP contribution is -1.97. The number of ether oxygens (including phenoxy) is 1. The Hall–Kier alpha value is -1.20. The molecule has 3 nitrogen and oxygen atoms in total. The lowest BCUT2D eigenvalue weighted by Gasteiger charge is -2.08. The van der Waals surface area contributed by atoms with Crippen molar-refractivity contribution in [3.05, 3.63) is 39.0 Å². The SMILES string of the molecule is Nc1c(O)cccc1OCc1ccc(Br)s1. The van der Waals surface area contributed by atoms with E-state index in [-0.39, 0.29) is 11.4 Å². The highest BCUT2D eigenvalue weighted by Crippen LogP contribution is 2.31. The molecule has 1 aromatic heterocycles. The molecule has 0 aliphatic heterocycles. The van der Waals surface area contributed by atoms with Crippen LogP contribution in [0.15, 0.2) is 34.1 Å². The Morgan fingerprint density at radius 2 is 2.12 bits per heavy atom. The molecule has 0 radical (unpaired) electrons. The minimum absolute atomic E-state index is 0.0462. The maximum atomic E-state index is 9.39. The van der Waals surface area contributed by atoms with Crippen molar-refractivity contribution in [1.82, 2.24) is 0 Å². The van der Waals surface area contributed by atoms with Crippen LogP contribution in [0.25, 0.3) is 0 Å². The van der Waals surface area contributed by atoms with Gasteiger partial charge in [-0.25, -0.2) is 0 Å². The Morgan fingerprint density at radius 1 is 1.31 bits per heavy atom. The van der Waals surface area contributed by atoms with Crippen LogP contribution < -0.4 is 10.5 Å². The highest BCUT2D eigenvalue weighted by Gasteiger charge is 2.05. The zero-order valence-electron chi connectivity index (χ0n) is 8.31. The molecular formula is C11H10BrNO2S. The van der Waals surface area contributed by atoms with Gasteiger partial charge in [0.1, 0.15) is 23.8 Å². The number of benzene rings is 1. The number of para-hydroxylation sites is 1. The van der Waals surface area contributed by atoms with Gasteiger partial charge in [-0.15, -0.1) is 11.3 Å². The predicted octanol–water partition coefficient (Wildman–Crippen LogP) is 3.38. The number of hydrogen-bond donors (Lipinski definition) is 2. The van der Waals surface area contributed by atoms with E-state index in [9.17, 15) is 5.11 Å². The summed E-state index contributed by atoms with van der Waals surface area (Å²) >= 11 is 4.99. The Bertz CT molecular complexity index is 498. The number of rotatable bonds is 3. The molecule has 3 N–H and O–H groups in total. The van der Waals surface area contributed by atoms with Gasteiger partial charge in [-0.2, -0.15) is 0 Å². The van der Waals surface area contributed by atoms with Crippen LogP contribution in [0.3, 0.4) is 0 Å². The first-order valence-electron chi connectivity index (χ1n) is 4.61. The monoisotopic (exact) mass is 299 g/mol. The normalized spacial score (nSPS) is 10.3. The third kappa shape index (κ3) is 2.48. The summed E-state index contributed by atoms with van der Waals surface area (Å²) in [7, 11) is 0. The molecule has 0 saturated carbocycles. The molecule has 0 saturated heterocycles. The Kier molecular flexibility index (Phi) is 3.36. The summed E-state index contributed by atoms with van der Waals surface area (Å²) in [5, 5.41) is 9.39. The minimum atomic E-state index is 0.0462. The van der Waals surface area contributed by atoms with Gasteiger partial charge >= 0.3 is 0 Å². The summed E-state index contributed by atoms with van der Waals surface area (Å²) in [6.07, 6.45) is 0.